The quantitative estimate of drug-likeness (QED) is 0.605. The van der Waals surface area contributed by atoms with Crippen LogP contribution in [-0.4, -0.2) is 5.91 Å². The Labute approximate surface area is 164 Å². The van der Waals surface area contributed by atoms with Crippen molar-refractivity contribution in [1.29, 1.82) is 0 Å². The lowest BCUT2D eigenvalue weighted by Crippen LogP contribution is -2.53. The fourth-order valence-corrected chi connectivity index (χ4v) is 4.39. The van der Waals surface area contributed by atoms with Crippen LogP contribution in [0.5, 0.6) is 0 Å². The second-order valence-corrected chi connectivity index (χ2v) is 8.47. The molecular weight excluding hydrogens is 386 g/mol. The number of carbonyl (C=O) groups is 1. The lowest BCUT2D eigenvalue weighted by atomic mass is 9.72. The number of piperidine rings is 1. The van der Waals surface area contributed by atoms with E-state index in [1.165, 1.54) is 11.1 Å². The number of nitrogens with one attached hydrogen (secondary N) is 1. The van der Waals surface area contributed by atoms with E-state index in [-0.39, 0.29) is 23.3 Å². The Morgan fingerprint density at radius 3 is 2.46 bits per heavy atom. The van der Waals surface area contributed by atoms with E-state index in [0.29, 0.717) is 0 Å². The zero-order chi connectivity index (χ0) is 18.7. The van der Waals surface area contributed by atoms with Gasteiger partial charge in [0, 0.05) is 10.4 Å². The minimum Gasteiger partial charge on any atom is -0.346 e. The molecule has 3 rings (SSSR count). The van der Waals surface area contributed by atoms with Crippen LogP contribution >= 0.6 is 15.9 Å². The number of amides is 1. The van der Waals surface area contributed by atoms with Crippen molar-refractivity contribution in [3.05, 3.63) is 82.3 Å². The molecule has 3 atom stereocenters. The number of carbonyl (C=O) groups excluding carboxylic acids is 1. The van der Waals surface area contributed by atoms with E-state index in [1.54, 1.807) is 0 Å². The van der Waals surface area contributed by atoms with Crippen molar-refractivity contribution >= 4 is 21.8 Å². The Kier molecular flexibility index (Phi) is 5.67. The van der Waals surface area contributed by atoms with Gasteiger partial charge in [0.2, 0.25) is 5.91 Å². The first-order valence-electron chi connectivity index (χ1n) is 9.19. The maximum atomic E-state index is 13.1. The van der Waals surface area contributed by atoms with E-state index in [1.807, 2.05) is 37.3 Å². The highest BCUT2D eigenvalue weighted by molar-refractivity contribution is 9.10. The summed E-state index contributed by atoms with van der Waals surface area (Å²) in [5.41, 5.74) is 3.14. The van der Waals surface area contributed by atoms with Crippen LogP contribution in [0.4, 0.5) is 0 Å². The zero-order valence-electron chi connectivity index (χ0n) is 15.5. The summed E-state index contributed by atoms with van der Waals surface area (Å²) in [5.74, 6) is 0.344. The van der Waals surface area contributed by atoms with Gasteiger partial charge >= 0.3 is 0 Å². The van der Waals surface area contributed by atoms with Crippen molar-refractivity contribution in [2.75, 3.05) is 0 Å². The molecule has 1 saturated heterocycles. The Bertz CT molecular complexity index is 784. The van der Waals surface area contributed by atoms with Gasteiger partial charge < -0.3 is 5.32 Å². The molecule has 136 valence electrons. The second kappa shape index (κ2) is 7.79. The van der Waals surface area contributed by atoms with Gasteiger partial charge in [-0.05, 0) is 55.4 Å². The van der Waals surface area contributed by atoms with E-state index >= 15 is 0 Å². The van der Waals surface area contributed by atoms with Gasteiger partial charge in [-0.25, -0.2) is 0 Å². The van der Waals surface area contributed by atoms with Crippen LogP contribution in [0.2, 0.25) is 0 Å². The third kappa shape index (κ3) is 3.93. The molecule has 0 radical (unpaired) electrons. The molecule has 1 amide bonds. The van der Waals surface area contributed by atoms with E-state index in [9.17, 15) is 4.79 Å². The van der Waals surface area contributed by atoms with Gasteiger partial charge in [-0.3, -0.25) is 4.79 Å². The highest BCUT2D eigenvalue weighted by Gasteiger charge is 2.42. The summed E-state index contributed by atoms with van der Waals surface area (Å²) in [6.07, 6.45) is 2.59. The third-order valence-corrected chi connectivity index (χ3v) is 6.04. The Morgan fingerprint density at radius 1 is 1.23 bits per heavy atom. The molecule has 1 fully saturated rings. The van der Waals surface area contributed by atoms with Gasteiger partial charge in [0.25, 0.3) is 0 Å². The number of halogens is 1. The molecule has 1 aliphatic rings. The average molecular weight is 412 g/mol. The standard InChI is InChI=1S/C23H26BrNO/c1-16(2)15-23(19-7-5-4-6-8-19)14-13-21(22(26)25-23)17(3)18-9-11-20(24)12-10-18/h4-12,17,21H,1,13-15H2,2-3H3,(H,25,26)/t17-,21+,23+/m1/s1. The van der Waals surface area contributed by atoms with Gasteiger partial charge in [0.1, 0.15) is 0 Å². The molecule has 26 heavy (non-hydrogen) atoms. The minimum absolute atomic E-state index is 0.00173. The Morgan fingerprint density at radius 2 is 1.88 bits per heavy atom. The number of rotatable bonds is 5. The monoisotopic (exact) mass is 411 g/mol. The Balaban J connectivity index is 1.84. The molecule has 0 saturated carbocycles. The molecule has 0 bridgehead atoms. The highest BCUT2D eigenvalue weighted by atomic mass is 79.9. The van der Waals surface area contributed by atoms with Crippen LogP contribution in [0.15, 0.2) is 71.2 Å². The predicted molar refractivity (Wildman–Crippen MR) is 111 cm³/mol. The van der Waals surface area contributed by atoms with Gasteiger partial charge in [-0.1, -0.05) is 70.9 Å². The SMILES string of the molecule is C=C(C)C[C@]1(c2ccccc2)CC[C@@H]([C@H](C)c2ccc(Br)cc2)C(=O)N1. The number of benzene rings is 2. The molecule has 0 aromatic heterocycles. The van der Waals surface area contributed by atoms with Crippen molar-refractivity contribution in [3.63, 3.8) is 0 Å². The topological polar surface area (TPSA) is 29.1 Å². The Hall–Kier alpha value is -1.87. The largest absolute Gasteiger partial charge is 0.346 e. The average Bonchev–Trinajstić information content (AvgIpc) is 2.62. The van der Waals surface area contributed by atoms with Crippen LogP contribution in [0.3, 0.4) is 0 Å². The summed E-state index contributed by atoms with van der Waals surface area (Å²) in [5, 5.41) is 3.38. The minimum atomic E-state index is -0.333. The molecule has 0 unspecified atom stereocenters. The number of hydrogen-bond acceptors (Lipinski definition) is 1. The predicted octanol–water partition coefficient (Wildman–Crippen LogP) is 5.94. The molecule has 2 nitrogen and oxygen atoms in total. The zero-order valence-corrected chi connectivity index (χ0v) is 17.1. The smallest absolute Gasteiger partial charge is 0.224 e. The lowest BCUT2D eigenvalue weighted by molar-refractivity contribution is -0.131. The van der Waals surface area contributed by atoms with Crippen molar-refractivity contribution in [1.82, 2.24) is 5.32 Å². The molecular formula is C23H26BrNO. The molecule has 3 heteroatoms. The summed E-state index contributed by atoms with van der Waals surface area (Å²) in [7, 11) is 0. The molecule has 2 aromatic carbocycles. The van der Waals surface area contributed by atoms with Crippen molar-refractivity contribution < 1.29 is 4.79 Å². The fraction of sp³-hybridized carbons (Fsp3) is 0.348. The van der Waals surface area contributed by atoms with Gasteiger partial charge in [0.15, 0.2) is 0 Å². The van der Waals surface area contributed by atoms with E-state index < -0.39 is 0 Å². The van der Waals surface area contributed by atoms with Gasteiger partial charge in [-0.2, -0.15) is 0 Å². The summed E-state index contributed by atoms with van der Waals surface area (Å²) >= 11 is 3.48. The van der Waals surface area contributed by atoms with Crippen LogP contribution < -0.4 is 5.32 Å². The lowest BCUT2D eigenvalue weighted by Gasteiger charge is -2.43. The normalized spacial score (nSPS) is 24.0. The first-order chi connectivity index (χ1) is 12.4. The summed E-state index contributed by atoms with van der Waals surface area (Å²) < 4.78 is 1.06. The second-order valence-electron chi connectivity index (χ2n) is 7.56. The number of hydrogen-bond donors (Lipinski definition) is 1. The van der Waals surface area contributed by atoms with Crippen molar-refractivity contribution in [3.8, 4) is 0 Å². The van der Waals surface area contributed by atoms with E-state index in [2.05, 4.69) is 59.0 Å². The molecule has 1 aliphatic heterocycles. The maximum absolute atomic E-state index is 13.1. The fourth-order valence-electron chi connectivity index (χ4n) is 4.12. The summed E-state index contributed by atoms with van der Waals surface area (Å²) in [6.45, 7) is 8.29. The first-order valence-corrected chi connectivity index (χ1v) is 9.98. The maximum Gasteiger partial charge on any atom is 0.224 e. The van der Waals surface area contributed by atoms with Gasteiger partial charge in [-0.15, -0.1) is 6.58 Å². The molecule has 1 N–H and O–H groups in total. The van der Waals surface area contributed by atoms with Crippen LogP contribution in [0.1, 0.15) is 50.2 Å². The summed E-state index contributed by atoms with van der Waals surface area (Å²) in [6, 6.07) is 18.6. The molecule has 2 aromatic rings. The molecule has 1 heterocycles. The van der Waals surface area contributed by atoms with Crippen LogP contribution in [0.25, 0.3) is 0 Å². The highest BCUT2D eigenvalue weighted by Crippen LogP contribution is 2.41. The first kappa shape index (κ1) is 18.9. The summed E-state index contributed by atoms with van der Waals surface area (Å²) in [4.78, 5) is 13.1. The van der Waals surface area contributed by atoms with E-state index in [4.69, 9.17) is 0 Å². The van der Waals surface area contributed by atoms with Crippen LogP contribution in [-0.2, 0) is 10.3 Å². The van der Waals surface area contributed by atoms with Crippen LogP contribution in [0, 0.1) is 5.92 Å². The van der Waals surface area contributed by atoms with Crippen molar-refractivity contribution in [2.24, 2.45) is 5.92 Å². The van der Waals surface area contributed by atoms with E-state index in [0.717, 1.165) is 29.3 Å². The molecule has 0 spiro atoms. The van der Waals surface area contributed by atoms with Gasteiger partial charge in [0.05, 0.1) is 5.54 Å². The third-order valence-electron chi connectivity index (χ3n) is 5.51. The van der Waals surface area contributed by atoms with Crippen molar-refractivity contribution in [2.45, 2.75) is 44.6 Å². The molecule has 0 aliphatic carbocycles.